The van der Waals surface area contributed by atoms with E-state index in [0.717, 1.165) is 0 Å². The molecule has 10 heavy (non-hydrogen) atoms. The first-order valence-electron chi connectivity index (χ1n) is 3.12. The highest BCUT2D eigenvalue weighted by Crippen LogP contribution is 1.92. The van der Waals surface area contributed by atoms with Crippen molar-refractivity contribution in [2.24, 2.45) is 0 Å². The molecule has 0 saturated carbocycles. The van der Waals surface area contributed by atoms with Gasteiger partial charge in [0.15, 0.2) is 9.84 Å². The Labute approximate surface area is 61.1 Å². The maximum atomic E-state index is 10.8. The fourth-order valence-corrected chi connectivity index (χ4v) is 1.61. The van der Waals surface area contributed by atoms with Crippen molar-refractivity contribution in [2.45, 2.75) is 19.9 Å². The van der Waals surface area contributed by atoms with E-state index < -0.39 is 9.84 Å². The molecule has 0 aliphatic rings. The predicted octanol–water partition coefficient (Wildman–Crippen LogP) is -0.212. The maximum Gasteiger partial charge on any atom is 0.151 e. The quantitative estimate of drug-likeness (QED) is 0.568. The van der Waals surface area contributed by atoms with Gasteiger partial charge in [0.2, 0.25) is 0 Å². The minimum atomic E-state index is -2.95. The van der Waals surface area contributed by atoms with E-state index in [0.29, 0.717) is 0 Å². The van der Waals surface area contributed by atoms with Gasteiger partial charge in [-0.05, 0) is 6.92 Å². The molecular formula is C5H13NO3S. The summed E-state index contributed by atoms with van der Waals surface area (Å²) in [5.74, 6) is 0.110. The first kappa shape index (κ1) is 9.87. The summed E-state index contributed by atoms with van der Waals surface area (Å²) >= 11 is 0. The normalized spacial score (nSPS) is 15.1. The Morgan fingerprint density at radius 2 is 2.10 bits per heavy atom. The second-order valence-electron chi connectivity index (χ2n) is 2.23. The molecular weight excluding hydrogens is 154 g/mol. The Morgan fingerprint density at radius 3 is 2.40 bits per heavy atom. The van der Waals surface area contributed by atoms with Crippen molar-refractivity contribution in [1.29, 1.82) is 0 Å². The zero-order valence-electron chi connectivity index (χ0n) is 6.16. The molecule has 0 aliphatic heterocycles. The molecule has 0 aromatic heterocycles. The molecule has 0 fully saturated rings. The van der Waals surface area contributed by atoms with E-state index in [4.69, 9.17) is 5.21 Å². The van der Waals surface area contributed by atoms with Crippen molar-refractivity contribution in [3.05, 3.63) is 0 Å². The van der Waals surface area contributed by atoms with E-state index in [-0.39, 0.29) is 17.5 Å². The minimum Gasteiger partial charge on any atom is -0.317 e. The Morgan fingerprint density at radius 1 is 1.60 bits per heavy atom. The maximum absolute atomic E-state index is 10.8. The van der Waals surface area contributed by atoms with Crippen LogP contribution in [0.1, 0.15) is 13.8 Å². The van der Waals surface area contributed by atoms with Gasteiger partial charge in [-0.15, -0.1) is 0 Å². The van der Waals surface area contributed by atoms with Gasteiger partial charge in [-0.2, -0.15) is 0 Å². The molecule has 0 bridgehead atoms. The molecule has 62 valence electrons. The van der Waals surface area contributed by atoms with Gasteiger partial charge in [-0.3, -0.25) is 0 Å². The first-order chi connectivity index (χ1) is 4.52. The third kappa shape index (κ3) is 3.81. The van der Waals surface area contributed by atoms with Crippen molar-refractivity contribution in [2.75, 3.05) is 11.5 Å². The third-order valence-electron chi connectivity index (χ3n) is 1.16. The monoisotopic (exact) mass is 167 g/mol. The molecule has 0 heterocycles. The van der Waals surface area contributed by atoms with Crippen LogP contribution in [0.4, 0.5) is 0 Å². The van der Waals surface area contributed by atoms with E-state index in [1.165, 1.54) is 0 Å². The van der Waals surface area contributed by atoms with Crippen molar-refractivity contribution in [1.82, 2.24) is 5.48 Å². The van der Waals surface area contributed by atoms with Crippen molar-refractivity contribution in [3.8, 4) is 0 Å². The molecule has 1 atom stereocenters. The second kappa shape index (κ2) is 3.90. The van der Waals surface area contributed by atoms with E-state index in [2.05, 4.69) is 0 Å². The van der Waals surface area contributed by atoms with Gasteiger partial charge in [0, 0.05) is 11.8 Å². The lowest BCUT2D eigenvalue weighted by Crippen LogP contribution is -2.31. The van der Waals surface area contributed by atoms with Crippen molar-refractivity contribution < 1.29 is 13.6 Å². The van der Waals surface area contributed by atoms with Crippen LogP contribution in [0.5, 0.6) is 0 Å². The Balaban J connectivity index is 3.90. The summed E-state index contributed by atoms with van der Waals surface area (Å²) in [5, 5.41) is 8.28. The fraction of sp³-hybridized carbons (Fsp3) is 1.00. The molecule has 0 amide bonds. The highest BCUT2D eigenvalue weighted by atomic mass is 32.2. The lowest BCUT2D eigenvalue weighted by Gasteiger charge is -2.07. The summed E-state index contributed by atoms with van der Waals surface area (Å²) in [6.07, 6.45) is 0. The summed E-state index contributed by atoms with van der Waals surface area (Å²) < 4.78 is 21.6. The molecule has 0 rings (SSSR count). The van der Waals surface area contributed by atoms with Gasteiger partial charge in [-0.25, -0.2) is 13.9 Å². The zero-order chi connectivity index (χ0) is 8.20. The Kier molecular flexibility index (Phi) is 3.85. The number of hydrogen-bond acceptors (Lipinski definition) is 4. The molecule has 0 aromatic carbocycles. The van der Waals surface area contributed by atoms with Crippen LogP contribution in [-0.4, -0.2) is 31.2 Å². The van der Waals surface area contributed by atoms with Gasteiger partial charge in [0.25, 0.3) is 0 Å². The molecule has 5 heteroatoms. The number of rotatable bonds is 4. The van der Waals surface area contributed by atoms with E-state index in [1.54, 1.807) is 13.8 Å². The minimum absolute atomic E-state index is 0.0139. The SMILES string of the molecule is CCS(=O)(=O)CC(C)NO. The standard InChI is InChI=1S/C5H13NO3S/c1-3-10(8,9)4-5(2)6-7/h5-7H,3-4H2,1-2H3. The van der Waals surface area contributed by atoms with Crippen LogP contribution in [0.3, 0.4) is 0 Å². The lowest BCUT2D eigenvalue weighted by atomic mass is 10.4. The Hall–Kier alpha value is -0.130. The van der Waals surface area contributed by atoms with Crippen molar-refractivity contribution >= 4 is 9.84 Å². The fourth-order valence-electron chi connectivity index (χ4n) is 0.536. The summed E-state index contributed by atoms with van der Waals surface area (Å²) in [5.41, 5.74) is 1.88. The van der Waals surface area contributed by atoms with Gasteiger partial charge in [0.1, 0.15) is 0 Å². The number of sulfone groups is 1. The highest BCUT2D eigenvalue weighted by Gasteiger charge is 2.11. The molecule has 2 N–H and O–H groups in total. The predicted molar refractivity (Wildman–Crippen MR) is 38.7 cm³/mol. The van der Waals surface area contributed by atoms with E-state index in [9.17, 15) is 8.42 Å². The van der Waals surface area contributed by atoms with Crippen LogP contribution in [-0.2, 0) is 9.84 Å². The van der Waals surface area contributed by atoms with E-state index in [1.807, 2.05) is 5.48 Å². The van der Waals surface area contributed by atoms with Crippen LogP contribution in [0.15, 0.2) is 0 Å². The van der Waals surface area contributed by atoms with Crippen LogP contribution < -0.4 is 5.48 Å². The van der Waals surface area contributed by atoms with Crippen molar-refractivity contribution in [3.63, 3.8) is 0 Å². The lowest BCUT2D eigenvalue weighted by molar-refractivity contribution is 0.141. The van der Waals surface area contributed by atoms with Gasteiger partial charge in [0.05, 0.1) is 5.75 Å². The number of hydroxylamine groups is 1. The van der Waals surface area contributed by atoms with Crippen LogP contribution >= 0.6 is 0 Å². The molecule has 0 aromatic rings. The zero-order valence-corrected chi connectivity index (χ0v) is 6.98. The molecule has 0 aliphatic carbocycles. The Bertz CT molecular complexity index is 175. The van der Waals surface area contributed by atoms with Crippen LogP contribution in [0.25, 0.3) is 0 Å². The average Bonchev–Trinajstić information content (AvgIpc) is 1.87. The van der Waals surface area contributed by atoms with Gasteiger partial charge < -0.3 is 5.21 Å². The largest absolute Gasteiger partial charge is 0.317 e. The summed E-state index contributed by atoms with van der Waals surface area (Å²) in [4.78, 5) is 0. The number of nitrogens with one attached hydrogen (secondary N) is 1. The van der Waals surface area contributed by atoms with Gasteiger partial charge in [-0.1, -0.05) is 6.92 Å². The average molecular weight is 167 g/mol. The third-order valence-corrected chi connectivity index (χ3v) is 3.05. The van der Waals surface area contributed by atoms with E-state index >= 15 is 0 Å². The highest BCUT2D eigenvalue weighted by molar-refractivity contribution is 7.91. The molecule has 1 unspecified atom stereocenters. The molecule has 0 radical (unpaired) electrons. The summed E-state index contributed by atoms with van der Waals surface area (Å²) in [6, 6.07) is -0.384. The molecule has 4 nitrogen and oxygen atoms in total. The number of hydrogen-bond donors (Lipinski definition) is 2. The first-order valence-corrected chi connectivity index (χ1v) is 4.94. The molecule has 0 saturated heterocycles. The molecule has 0 spiro atoms. The smallest absolute Gasteiger partial charge is 0.151 e. The van der Waals surface area contributed by atoms with Crippen LogP contribution in [0.2, 0.25) is 0 Å². The summed E-state index contributed by atoms with van der Waals surface area (Å²) in [6.45, 7) is 3.19. The topological polar surface area (TPSA) is 66.4 Å². The van der Waals surface area contributed by atoms with Crippen LogP contribution in [0, 0.1) is 0 Å². The summed E-state index contributed by atoms with van der Waals surface area (Å²) in [7, 11) is -2.95. The second-order valence-corrected chi connectivity index (χ2v) is 4.63. The van der Waals surface area contributed by atoms with Gasteiger partial charge >= 0.3 is 0 Å².